The third-order valence-corrected chi connectivity index (χ3v) is 8.36. The summed E-state index contributed by atoms with van der Waals surface area (Å²) >= 11 is 12.8. The van der Waals surface area contributed by atoms with Crippen LogP contribution in [-0.2, 0) is 19.1 Å². The lowest BCUT2D eigenvalue weighted by molar-refractivity contribution is -0.123. The van der Waals surface area contributed by atoms with Gasteiger partial charge in [0, 0.05) is 0 Å². The number of fused-ring (bicyclic) bond motifs is 5. The highest BCUT2D eigenvalue weighted by Gasteiger charge is 2.66. The first-order valence-corrected chi connectivity index (χ1v) is 12.0. The normalized spacial score (nSPS) is 28.7. The second kappa shape index (κ2) is 9.17. The smallest absolute Gasteiger partial charge is 0.338 e. The van der Waals surface area contributed by atoms with E-state index in [9.17, 15) is 19.2 Å². The second-order valence-corrected chi connectivity index (χ2v) is 9.90. The molecule has 2 aliphatic carbocycles. The van der Waals surface area contributed by atoms with Crippen molar-refractivity contribution >= 4 is 58.3 Å². The number of benzene rings is 2. The summed E-state index contributed by atoms with van der Waals surface area (Å²) in [5.41, 5.74) is 0.833. The number of hydrogen-bond acceptors (Lipinski definition) is 6. The van der Waals surface area contributed by atoms with Crippen LogP contribution in [0.5, 0.6) is 5.75 Å². The fraction of sp³-hybridized carbons (Fsp3) is 0.360. The number of amides is 3. The molecule has 8 nitrogen and oxygen atoms in total. The van der Waals surface area contributed by atoms with Gasteiger partial charge in [0.05, 0.1) is 46.6 Å². The number of carbonyl (C=O) groups excluding carboxylic acids is 4. The van der Waals surface area contributed by atoms with Gasteiger partial charge in [0.1, 0.15) is 5.75 Å². The summed E-state index contributed by atoms with van der Waals surface area (Å²) in [7, 11) is 1.48. The summed E-state index contributed by atoms with van der Waals surface area (Å²) < 4.78 is 10.3. The Morgan fingerprint density at radius 1 is 1.00 bits per heavy atom. The molecule has 2 bridgehead atoms. The molecule has 3 amide bonds. The van der Waals surface area contributed by atoms with Crippen molar-refractivity contribution in [1.82, 2.24) is 0 Å². The molecular formula is C25H22Cl2N2O6. The summed E-state index contributed by atoms with van der Waals surface area (Å²) in [6, 6.07) is 12.9. The summed E-state index contributed by atoms with van der Waals surface area (Å²) in [6.07, 6.45) is 0.673. The summed E-state index contributed by atoms with van der Waals surface area (Å²) in [6.45, 7) is -0.523. The van der Waals surface area contributed by atoms with E-state index >= 15 is 0 Å². The van der Waals surface area contributed by atoms with Crippen LogP contribution in [0.25, 0.3) is 0 Å². The van der Waals surface area contributed by atoms with Crippen molar-refractivity contribution in [2.75, 3.05) is 23.9 Å². The Morgan fingerprint density at radius 3 is 2.31 bits per heavy atom. The maximum Gasteiger partial charge on any atom is 0.338 e. The van der Waals surface area contributed by atoms with Gasteiger partial charge >= 0.3 is 5.97 Å². The second-order valence-electron chi connectivity index (χ2n) is 8.89. The highest BCUT2D eigenvalue weighted by Crippen LogP contribution is 2.59. The first kappa shape index (κ1) is 23.6. The number of rotatable bonds is 6. The van der Waals surface area contributed by atoms with Crippen LogP contribution in [0.3, 0.4) is 0 Å². The molecule has 0 unspecified atom stereocenters. The molecule has 2 aromatic rings. The quantitative estimate of drug-likeness (QED) is 0.358. The van der Waals surface area contributed by atoms with Gasteiger partial charge in [-0.2, -0.15) is 0 Å². The summed E-state index contributed by atoms with van der Waals surface area (Å²) in [5, 5.41) is 1.93. The molecule has 2 aromatic carbocycles. The predicted molar refractivity (Wildman–Crippen MR) is 129 cm³/mol. The van der Waals surface area contributed by atoms with Gasteiger partial charge in [-0.05, 0) is 48.6 Å². The van der Waals surface area contributed by atoms with Crippen LogP contribution in [-0.4, -0.2) is 48.2 Å². The van der Waals surface area contributed by atoms with Crippen LogP contribution in [0.15, 0.2) is 48.5 Å². The standard InChI is InChI=1S/C25H22Cl2N2O6/c1-34-17-8-3-2-7-16(17)28-18(30)11-35-25(33)12-5-4-6-13(9-12)29-23(31)19-14-10-15(20(19)24(29)32)22(27)21(14)26/h2-9,14-15,19-22H,10-11H2,1H3,(H,28,30)/t14-,15-,19-,20+,21-,22+/m1/s1. The van der Waals surface area contributed by atoms with Gasteiger partial charge in [-0.15, -0.1) is 23.2 Å². The molecule has 3 aliphatic rings. The number of alkyl halides is 2. The van der Waals surface area contributed by atoms with E-state index < -0.39 is 30.3 Å². The van der Waals surface area contributed by atoms with Crippen LogP contribution >= 0.6 is 23.2 Å². The number of para-hydroxylation sites is 2. The van der Waals surface area contributed by atoms with Crippen molar-refractivity contribution in [2.45, 2.75) is 17.2 Å². The Bertz CT molecular complexity index is 1190. The average Bonchev–Trinajstić information content (AvgIpc) is 3.47. The van der Waals surface area contributed by atoms with Crippen molar-refractivity contribution < 1.29 is 28.7 Å². The number of halogens is 2. The largest absolute Gasteiger partial charge is 0.495 e. The summed E-state index contributed by atoms with van der Waals surface area (Å²) in [5.74, 6) is -2.71. The summed E-state index contributed by atoms with van der Waals surface area (Å²) in [4.78, 5) is 52.3. The van der Waals surface area contributed by atoms with E-state index in [4.69, 9.17) is 32.7 Å². The Hall–Kier alpha value is -3.10. The molecule has 35 heavy (non-hydrogen) atoms. The molecule has 0 spiro atoms. The van der Waals surface area contributed by atoms with Crippen LogP contribution in [0.4, 0.5) is 11.4 Å². The lowest BCUT2D eigenvalue weighted by Gasteiger charge is -2.28. The molecule has 1 heterocycles. The molecule has 6 atom stereocenters. The fourth-order valence-electron chi connectivity index (χ4n) is 5.52. The zero-order valence-corrected chi connectivity index (χ0v) is 20.2. The van der Waals surface area contributed by atoms with Crippen LogP contribution in [0.1, 0.15) is 16.8 Å². The third-order valence-electron chi connectivity index (χ3n) is 7.04. The minimum Gasteiger partial charge on any atom is -0.495 e. The number of ether oxygens (including phenoxy) is 2. The zero-order chi connectivity index (χ0) is 24.9. The van der Waals surface area contributed by atoms with Gasteiger partial charge in [0.2, 0.25) is 11.8 Å². The highest BCUT2D eigenvalue weighted by molar-refractivity contribution is 6.32. The number of hydrogen-bond donors (Lipinski definition) is 1. The maximum absolute atomic E-state index is 13.2. The Labute approximate surface area is 211 Å². The van der Waals surface area contributed by atoms with Gasteiger partial charge in [-0.3, -0.25) is 19.3 Å². The fourth-order valence-corrected chi connectivity index (χ4v) is 6.42. The minimum absolute atomic E-state index is 0.110. The molecular weight excluding hydrogens is 495 g/mol. The molecule has 5 rings (SSSR count). The van der Waals surface area contributed by atoms with Gasteiger partial charge in [-0.1, -0.05) is 18.2 Å². The monoisotopic (exact) mass is 516 g/mol. The molecule has 3 fully saturated rings. The topological polar surface area (TPSA) is 102 Å². The highest BCUT2D eigenvalue weighted by atomic mass is 35.5. The SMILES string of the molecule is COc1ccccc1NC(=O)COC(=O)c1cccc(N2C(=O)[C@@H]3[C@H]4C[C@@H]([C@H](Cl)[C@@H]4Cl)[C@@H]3C2=O)c1. The van der Waals surface area contributed by atoms with Crippen molar-refractivity contribution in [3.8, 4) is 5.75 Å². The van der Waals surface area contributed by atoms with E-state index in [0.29, 0.717) is 17.9 Å². The lowest BCUT2D eigenvalue weighted by atomic mass is 9.80. The van der Waals surface area contributed by atoms with Crippen molar-refractivity contribution in [1.29, 1.82) is 0 Å². The van der Waals surface area contributed by atoms with E-state index in [1.54, 1.807) is 36.4 Å². The van der Waals surface area contributed by atoms with E-state index in [0.717, 1.165) is 4.90 Å². The Morgan fingerprint density at radius 2 is 1.66 bits per heavy atom. The predicted octanol–water partition coefficient (Wildman–Crippen LogP) is 3.46. The zero-order valence-electron chi connectivity index (χ0n) is 18.6. The molecule has 182 valence electrons. The van der Waals surface area contributed by atoms with Crippen LogP contribution in [0, 0.1) is 23.7 Å². The number of anilines is 2. The van der Waals surface area contributed by atoms with E-state index in [1.165, 1.54) is 19.2 Å². The molecule has 2 saturated carbocycles. The van der Waals surface area contributed by atoms with Gasteiger partial charge in [-0.25, -0.2) is 4.79 Å². The van der Waals surface area contributed by atoms with Gasteiger partial charge in [0.25, 0.3) is 5.91 Å². The van der Waals surface area contributed by atoms with E-state index in [-0.39, 0.29) is 45.7 Å². The molecule has 0 radical (unpaired) electrons. The average molecular weight is 517 g/mol. The van der Waals surface area contributed by atoms with Crippen molar-refractivity contribution in [3.63, 3.8) is 0 Å². The molecule has 1 saturated heterocycles. The minimum atomic E-state index is -0.761. The van der Waals surface area contributed by atoms with E-state index in [2.05, 4.69) is 5.32 Å². The van der Waals surface area contributed by atoms with Crippen LogP contribution < -0.4 is 15.0 Å². The van der Waals surface area contributed by atoms with Crippen molar-refractivity contribution in [3.05, 3.63) is 54.1 Å². The number of nitrogens with zero attached hydrogens (tertiary/aromatic N) is 1. The Kier molecular flexibility index (Phi) is 6.19. The van der Waals surface area contributed by atoms with Gasteiger partial charge in [0.15, 0.2) is 6.61 Å². The third kappa shape index (κ3) is 3.94. The first-order valence-electron chi connectivity index (χ1n) is 11.2. The molecule has 10 heteroatoms. The van der Waals surface area contributed by atoms with Crippen molar-refractivity contribution in [2.24, 2.45) is 23.7 Å². The molecule has 1 aliphatic heterocycles. The van der Waals surface area contributed by atoms with E-state index in [1.807, 2.05) is 0 Å². The Balaban J connectivity index is 1.26. The molecule has 0 aromatic heterocycles. The number of methoxy groups -OCH3 is 1. The number of carbonyl (C=O) groups is 4. The molecule has 1 N–H and O–H groups in total. The number of esters is 1. The first-order chi connectivity index (χ1) is 16.8. The van der Waals surface area contributed by atoms with Gasteiger partial charge < -0.3 is 14.8 Å². The van der Waals surface area contributed by atoms with Crippen LogP contribution in [0.2, 0.25) is 0 Å². The lowest BCUT2D eigenvalue weighted by Crippen LogP contribution is -2.37. The maximum atomic E-state index is 13.2. The number of imide groups is 1. The number of nitrogens with one attached hydrogen (secondary N) is 1.